The number of hydrogen-bond donors (Lipinski definition) is 2. The highest BCUT2D eigenvalue weighted by molar-refractivity contribution is 6.20. The van der Waals surface area contributed by atoms with E-state index in [-0.39, 0.29) is 17.6 Å². The van der Waals surface area contributed by atoms with Crippen LogP contribution in [0, 0.1) is 0 Å². The summed E-state index contributed by atoms with van der Waals surface area (Å²) in [6.45, 7) is 5.38. The summed E-state index contributed by atoms with van der Waals surface area (Å²) in [6.07, 6.45) is -5.61. The number of allylic oxidation sites excluding steroid dienone is 1. The zero-order valence-electron chi connectivity index (χ0n) is 18.7. The molecule has 0 bridgehead atoms. The van der Waals surface area contributed by atoms with E-state index in [0.717, 1.165) is 5.01 Å². The highest BCUT2D eigenvalue weighted by atomic mass is 19.4. The number of benzene rings is 2. The van der Waals surface area contributed by atoms with E-state index in [1.165, 1.54) is 0 Å². The fourth-order valence-corrected chi connectivity index (χ4v) is 4.53. The van der Waals surface area contributed by atoms with Crippen LogP contribution in [0.5, 0.6) is 5.75 Å². The Morgan fingerprint density at radius 2 is 1.85 bits per heavy atom. The van der Waals surface area contributed by atoms with E-state index in [1.54, 1.807) is 55.5 Å². The van der Waals surface area contributed by atoms with Gasteiger partial charge in [0.15, 0.2) is 11.1 Å². The van der Waals surface area contributed by atoms with Crippen molar-refractivity contribution in [3.63, 3.8) is 0 Å². The summed E-state index contributed by atoms with van der Waals surface area (Å²) in [4.78, 5) is 17.9. The van der Waals surface area contributed by atoms with Gasteiger partial charge in [-0.3, -0.25) is 4.79 Å². The van der Waals surface area contributed by atoms with E-state index in [2.05, 4.69) is 15.7 Å². The van der Waals surface area contributed by atoms with Crippen molar-refractivity contribution in [2.75, 3.05) is 0 Å². The highest BCUT2D eigenvalue weighted by Crippen LogP contribution is 2.42. The second-order valence-corrected chi connectivity index (χ2v) is 8.64. The summed E-state index contributed by atoms with van der Waals surface area (Å²) in [7, 11) is 0. The van der Waals surface area contributed by atoms with E-state index in [1.807, 2.05) is 13.8 Å². The number of aromatic nitrogens is 1. The van der Waals surface area contributed by atoms with Gasteiger partial charge in [0.05, 0.1) is 12.0 Å². The van der Waals surface area contributed by atoms with Crippen LogP contribution in [0.1, 0.15) is 38.1 Å². The zero-order chi connectivity index (χ0) is 24.2. The summed E-state index contributed by atoms with van der Waals surface area (Å²) in [5, 5.41) is 4.09. The number of hydrazine groups is 1. The van der Waals surface area contributed by atoms with Gasteiger partial charge in [0.2, 0.25) is 5.89 Å². The monoisotopic (exact) mass is 472 g/mol. The van der Waals surface area contributed by atoms with Gasteiger partial charge in [0.25, 0.3) is 5.91 Å². The van der Waals surface area contributed by atoms with Crippen LogP contribution in [0.15, 0.2) is 58.6 Å². The molecule has 1 saturated heterocycles. The van der Waals surface area contributed by atoms with Gasteiger partial charge in [0, 0.05) is 5.70 Å². The van der Waals surface area contributed by atoms with Gasteiger partial charge in [0.1, 0.15) is 23.5 Å². The van der Waals surface area contributed by atoms with Gasteiger partial charge in [-0.25, -0.2) is 15.4 Å². The third kappa shape index (κ3) is 3.67. The minimum atomic E-state index is -4.57. The van der Waals surface area contributed by atoms with Gasteiger partial charge in [-0.1, -0.05) is 36.4 Å². The molecule has 2 aliphatic heterocycles. The Labute approximate surface area is 193 Å². The van der Waals surface area contributed by atoms with Crippen molar-refractivity contribution in [2.45, 2.75) is 51.2 Å². The third-order valence-electron chi connectivity index (χ3n) is 5.92. The van der Waals surface area contributed by atoms with Gasteiger partial charge < -0.3 is 14.5 Å². The third-order valence-corrected chi connectivity index (χ3v) is 5.92. The van der Waals surface area contributed by atoms with Crippen LogP contribution in [-0.2, 0) is 4.79 Å². The Balaban J connectivity index is 1.56. The van der Waals surface area contributed by atoms with E-state index < -0.39 is 30.2 Å². The Bertz CT molecular complexity index is 1270. The van der Waals surface area contributed by atoms with Gasteiger partial charge in [-0.05, 0) is 38.5 Å². The second kappa shape index (κ2) is 8.05. The van der Waals surface area contributed by atoms with Crippen molar-refractivity contribution >= 4 is 22.6 Å². The van der Waals surface area contributed by atoms with Gasteiger partial charge in [-0.2, -0.15) is 13.2 Å². The molecule has 0 saturated carbocycles. The lowest BCUT2D eigenvalue weighted by atomic mass is 9.89. The largest absolute Gasteiger partial charge is 0.489 e. The molecule has 3 heterocycles. The van der Waals surface area contributed by atoms with Crippen molar-refractivity contribution in [3.05, 3.63) is 65.7 Å². The highest BCUT2D eigenvalue weighted by Gasteiger charge is 2.58. The van der Waals surface area contributed by atoms with Crippen molar-refractivity contribution in [3.8, 4) is 5.75 Å². The van der Waals surface area contributed by atoms with E-state index >= 15 is 0 Å². The minimum absolute atomic E-state index is 0.0109. The molecule has 2 aromatic carbocycles. The van der Waals surface area contributed by atoms with E-state index in [4.69, 9.17) is 9.15 Å². The molecule has 0 radical (unpaired) electrons. The normalized spacial score (nSPS) is 23.0. The topological polar surface area (TPSA) is 79.6 Å². The molecule has 1 amide bonds. The van der Waals surface area contributed by atoms with Crippen LogP contribution < -0.4 is 15.5 Å². The summed E-state index contributed by atoms with van der Waals surface area (Å²) in [5.41, 5.74) is 4.15. The summed E-state index contributed by atoms with van der Waals surface area (Å²) in [6, 6.07) is 11.6. The molecule has 0 spiro atoms. The van der Waals surface area contributed by atoms with Crippen LogP contribution >= 0.6 is 0 Å². The van der Waals surface area contributed by atoms with Crippen LogP contribution in [0.4, 0.5) is 13.2 Å². The number of hydrogen-bond acceptors (Lipinski definition) is 6. The number of ether oxygens (including phenoxy) is 1. The first-order valence-electron chi connectivity index (χ1n) is 10.9. The first kappa shape index (κ1) is 22.3. The lowest BCUT2D eigenvalue weighted by Crippen LogP contribution is -2.54. The Hall–Kier alpha value is -3.53. The number of nitrogens with zero attached hydrogens (tertiary/aromatic N) is 2. The first-order chi connectivity index (χ1) is 16.1. The van der Waals surface area contributed by atoms with Crippen molar-refractivity contribution in [2.24, 2.45) is 0 Å². The number of para-hydroxylation sites is 1. The lowest BCUT2D eigenvalue weighted by molar-refractivity contribution is -0.161. The number of carbonyl (C=O) groups is 1. The molecule has 1 aromatic heterocycles. The van der Waals surface area contributed by atoms with Crippen LogP contribution in [-0.4, -0.2) is 40.4 Å². The number of amides is 1. The molecule has 2 aliphatic rings. The molecule has 34 heavy (non-hydrogen) atoms. The molecule has 0 aliphatic carbocycles. The fraction of sp³-hybridized carbons (Fsp3) is 0.333. The number of alkyl halides is 3. The molecule has 3 aromatic rings. The Kier molecular flexibility index (Phi) is 5.27. The molecule has 5 rings (SSSR count). The quantitative estimate of drug-likeness (QED) is 0.588. The van der Waals surface area contributed by atoms with E-state index in [9.17, 15) is 18.0 Å². The summed E-state index contributed by atoms with van der Waals surface area (Å²) < 4.78 is 53.6. The fourth-order valence-electron chi connectivity index (χ4n) is 4.53. The van der Waals surface area contributed by atoms with Crippen LogP contribution in [0.25, 0.3) is 16.7 Å². The number of rotatable bonds is 4. The number of nitrogens with one attached hydrogen (secondary N) is 2. The van der Waals surface area contributed by atoms with Gasteiger partial charge >= 0.3 is 6.18 Å². The smallest absolute Gasteiger partial charge is 0.406 e. The van der Waals surface area contributed by atoms with Crippen molar-refractivity contribution in [1.82, 2.24) is 20.7 Å². The predicted octanol–water partition coefficient (Wildman–Crippen LogP) is 4.34. The molecule has 1 fully saturated rings. The molecule has 10 heteroatoms. The van der Waals surface area contributed by atoms with Crippen LogP contribution in [0.2, 0.25) is 0 Å². The van der Waals surface area contributed by atoms with E-state index in [0.29, 0.717) is 28.1 Å². The maximum atomic E-state index is 14.0. The van der Waals surface area contributed by atoms with Crippen LogP contribution in [0.3, 0.4) is 0 Å². The first-order valence-corrected chi connectivity index (χ1v) is 10.9. The maximum absolute atomic E-state index is 14.0. The molecule has 2 N–H and O–H groups in total. The average Bonchev–Trinajstić information content (AvgIpc) is 3.36. The lowest BCUT2D eigenvalue weighted by Gasteiger charge is -2.34. The van der Waals surface area contributed by atoms with Crippen molar-refractivity contribution in [1.29, 1.82) is 0 Å². The number of fused-ring (bicyclic) bond motifs is 2. The average molecular weight is 472 g/mol. The minimum Gasteiger partial charge on any atom is -0.489 e. The summed E-state index contributed by atoms with van der Waals surface area (Å²) >= 11 is 0. The predicted molar refractivity (Wildman–Crippen MR) is 118 cm³/mol. The SMILES string of the molecule is CC1=C(c2nc3c(OC(C)C)cccc3o2)C(=O)N2NC(C(F)(F)F)C(c3ccccc3)C2N1. The Morgan fingerprint density at radius 1 is 1.12 bits per heavy atom. The number of halogens is 3. The standard InChI is InChI=1S/C24H23F3N4O3/c1-12(2)33-15-10-7-11-16-19(15)29-22(34-16)17-13(3)28-21-18(14-8-5-4-6-9-14)20(24(25,26)27)30-31(21)23(17)32/h4-12,18,20-21,28,30H,1-3H3. The number of carbonyl (C=O) groups excluding carboxylic acids is 1. The molecule has 3 atom stereocenters. The number of oxazole rings is 1. The second-order valence-electron chi connectivity index (χ2n) is 8.64. The molecular weight excluding hydrogens is 449 g/mol. The molecule has 3 unspecified atom stereocenters. The summed E-state index contributed by atoms with van der Waals surface area (Å²) in [5.74, 6) is -1.18. The van der Waals surface area contributed by atoms with Gasteiger partial charge in [-0.15, -0.1) is 0 Å². The maximum Gasteiger partial charge on any atom is 0.406 e. The van der Waals surface area contributed by atoms with Crippen molar-refractivity contribution < 1.29 is 27.1 Å². The molecule has 178 valence electrons. The zero-order valence-corrected chi connectivity index (χ0v) is 18.7. The molecular formula is C24H23F3N4O3. The Morgan fingerprint density at radius 3 is 2.53 bits per heavy atom. The molecule has 7 nitrogen and oxygen atoms in total.